The van der Waals surface area contributed by atoms with Gasteiger partial charge >= 0.3 is 0 Å². The molecule has 0 atom stereocenters. The van der Waals surface area contributed by atoms with Crippen molar-refractivity contribution in [3.8, 4) is 5.75 Å². The summed E-state index contributed by atoms with van der Waals surface area (Å²) in [5.41, 5.74) is 0. The number of carbonyl (C=O) groups excluding carboxylic acids is 1. The molecule has 88 valence electrons. The van der Waals surface area contributed by atoms with E-state index >= 15 is 0 Å². The van der Waals surface area contributed by atoms with Crippen LogP contribution in [0.1, 0.15) is 26.2 Å². The van der Waals surface area contributed by atoms with Crippen LogP contribution in [0, 0.1) is 11.6 Å². The highest BCUT2D eigenvalue weighted by Gasteiger charge is 2.07. The van der Waals surface area contributed by atoms with Gasteiger partial charge in [0.2, 0.25) is 5.82 Å². The summed E-state index contributed by atoms with van der Waals surface area (Å²) < 4.78 is 30.9. The van der Waals surface area contributed by atoms with Crippen LogP contribution in [0.2, 0.25) is 0 Å². The summed E-state index contributed by atoms with van der Waals surface area (Å²) in [6.45, 7) is 1.81. The Hall–Kier alpha value is -1.45. The Morgan fingerprint density at radius 1 is 1.31 bits per heavy atom. The van der Waals surface area contributed by atoms with E-state index in [0.717, 1.165) is 6.07 Å². The molecule has 0 amide bonds. The van der Waals surface area contributed by atoms with E-state index in [1.165, 1.54) is 19.1 Å². The lowest BCUT2D eigenvalue weighted by Crippen LogP contribution is -2.01. The van der Waals surface area contributed by atoms with E-state index in [-0.39, 0.29) is 18.1 Å². The van der Waals surface area contributed by atoms with Crippen LogP contribution in [-0.2, 0) is 4.79 Å². The van der Waals surface area contributed by atoms with Crippen LogP contribution in [0.15, 0.2) is 18.2 Å². The number of hydrogen-bond donors (Lipinski definition) is 0. The number of unbranched alkanes of at least 4 members (excludes halogenated alkanes) is 1. The van der Waals surface area contributed by atoms with Crippen LogP contribution in [0.3, 0.4) is 0 Å². The average molecular weight is 228 g/mol. The summed E-state index contributed by atoms with van der Waals surface area (Å²) in [4.78, 5) is 10.6. The highest BCUT2D eigenvalue weighted by molar-refractivity contribution is 5.75. The molecule has 2 nitrogen and oxygen atoms in total. The van der Waals surface area contributed by atoms with E-state index in [0.29, 0.717) is 19.3 Å². The maximum absolute atomic E-state index is 13.1. The van der Waals surface area contributed by atoms with E-state index < -0.39 is 11.6 Å². The second-order valence-electron chi connectivity index (χ2n) is 3.56. The third-order valence-electron chi connectivity index (χ3n) is 2.10. The van der Waals surface area contributed by atoms with Crippen LogP contribution >= 0.6 is 0 Å². The third-order valence-corrected chi connectivity index (χ3v) is 2.10. The second kappa shape index (κ2) is 6.20. The summed E-state index contributed by atoms with van der Waals surface area (Å²) in [7, 11) is 0. The topological polar surface area (TPSA) is 26.3 Å². The molecule has 1 aromatic rings. The van der Waals surface area contributed by atoms with Gasteiger partial charge in [-0.05, 0) is 31.9 Å². The normalized spacial score (nSPS) is 10.2. The summed E-state index contributed by atoms with van der Waals surface area (Å²) >= 11 is 0. The Morgan fingerprint density at radius 3 is 2.75 bits per heavy atom. The van der Waals surface area contributed by atoms with Gasteiger partial charge in [0, 0.05) is 6.42 Å². The zero-order valence-corrected chi connectivity index (χ0v) is 9.13. The minimum atomic E-state index is -0.964. The van der Waals surface area contributed by atoms with Crippen LogP contribution in [-0.4, -0.2) is 12.4 Å². The minimum absolute atomic E-state index is 0.0807. The summed E-state index contributed by atoms with van der Waals surface area (Å²) in [5, 5.41) is 0. The fourth-order valence-electron chi connectivity index (χ4n) is 1.25. The van der Waals surface area contributed by atoms with Crippen molar-refractivity contribution < 1.29 is 18.3 Å². The molecule has 0 N–H and O–H groups in total. The van der Waals surface area contributed by atoms with Crippen LogP contribution in [0.25, 0.3) is 0 Å². The largest absolute Gasteiger partial charge is 0.490 e. The monoisotopic (exact) mass is 228 g/mol. The molecule has 0 unspecified atom stereocenters. The molecule has 0 aromatic heterocycles. The van der Waals surface area contributed by atoms with E-state index in [9.17, 15) is 13.6 Å². The lowest BCUT2D eigenvalue weighted by Gasteiger charge is -2.06. The van der Waals surface area contributed by atoms with Crippen LogP contribution < -0.4 is 4.74 Å². The number of Topliss-reactive ketones (excluding diaryl/α,β-unsaturated/α-hetero) is 1. The number of benzene rings is 1. The van der Waals surface area contributed by atoms with Gasteiger partial charge in [-0.25, -0.2) is 4.39 Å². The third kappa shape index (κ3) is 3.96. The van der Waals surface area contributed by atoms with E-state index in [2.05, 4.69) is 0 Å². The van der Waals surface area contributed by atoms with Gasteiger partial charge in [0.1, 0.15) is 5.78 Å². The minimum Gasteiger partial charge on any atom is -0.490 e. The number of ether oxygens (including phenoxy) is 1. The zero-order chi connectivity index (χ0) is 12.0. The molecule has 0 heterocycles. The highest BCUT2D eigenvalue weighted by atomic mass is 19.2. The molecule has 0 aliphatic heterocycles. The fourth-order valence-corrected chi connectivity index (χ4v) is 1.25. The van der Waals surface area contributed by atoms with Gasteiger partial charge < -0.3 is 9.53 Å². The number of rotatable bonds is 6. The van der Waals surface area contributed by atoms with E-state index in [4.69, 9.17) is 4.74 Å². The van der Waals surface area contributed by atoms with E-state index in [1.54, 1.807) is 0 Å². The predicted octanol–water partition coefficient (Wildman–Crippen LogP) is 3.10. The number of halogens is 2. The molecular weight excluding hydrogens is 214 g/mol. The molecule has 0 radical (unpaired) electrons. The van der Waals surface area contributed by atoms with Crippen molar-refractivity contribution in [1.29, 1.82) is 0 Å². The quantitative estimate of drug-likeness (QED) is 0.699. The molecule has 1 aromatic carbocycles. The van der Waals surface area contributed by atoms with Gasteiger partial charge in [-0.1, -0.05) is 6.07 Å². The lowest BCUT2D eigenvalue weighted by atomic mass is 10.2. The summed E-state index contributed by atoms with van der Waals surface area (Å²) in [5.74, 6) is -1.84. The van der Waals surface area contributed by atoms with Crippen molar-refractivity contribution in [2.45, 2.75) is 26.2 Å². The second-order valence-corrected chi connectivity index (χ2v) is 3.56. The van der Waals surface area contributed by atoms with Crippen molar-refractivity contribution in [2.24, 2.45) is 0 Å². The molecule has 0 aliphatic carbocycles. The highest BCUT2D eigenvalue weighted by Crippen LogP contribution is 2.19. The molecule has 0 saturated heterocycles. The van der Waals surface area contributed by atoms with Gasteiger partial charge in [-0.2, -0.15) is 4.39 Å². The van der Waals surface area contributed by atoms with Gasteiger partial charge in [0.25, 0.3) is 0 Å². The zero-order valence-electron chi connectivity index (χ0n) is 9.13. The molecular formula is C12H14F2O2. The van der Waals surface area contributed by atoms with Crippen molar-refractivity contribution >= 4 is 5.78 Å². The van der Waals surface area contributed by atoms with Crippen molar-refractivity contribution in [3.63, 3.8) is 0 Å². The predicted molar refractivity (Wildman–Crippen MR) is 56.4 cm³/mol. The number of hydrogen-bond acceptors (Lipinski definition) is 2. The van der Waals surface area contributed by atoms with Crippen molar-refractivity contribution in [1.82, 2.24) is 0 Å². The Kier molecular flexibility index (Phi) is 4.89. The molecule has 0 spiro atoms. The molecule has 0 fully saturated rings. The maximum atomic E-state index is 13.1. The Labute approximate surface area is 93.2 Å². The summed E-state index contributed by atoms with van der Waals surface area (Å²) in [6.07, 6.45) is 1.84. The van der Waals surface area contributed by atoms with Crippen molar-refractivity contribution in [3.05, 3.63) is 29.8 Å². The maximum Gasteiger partial charge on any atom is 0.200 e. The van der Waals surface area contributed by atoms with Crippen LogP contribution in [0.5, 0.6) is 5.75 Å². The first kappa shape index (κ1) is 12.6. The number of ketones is 1. The number of carbonyl (C=O) groups is 1. The van der Waals surface area contributed by atoms with Crippen molar-refractivity contribution in [2.75, 3.05) is 6.61 Å². The molecule has 16 heavy (non-hydrogen) atoms. The molecule has 1 rings (SSSR count). The van der Waals surface area contributed by atoms with Gasteiger partial charge in [-0.3, -0.25) is 0 Å². The standard InChI is InChI=1S/C12H14F2O2/c1-9(15)5-2-3-8-16-11-7-4-6-10(13)12(11)14/h4,6-7H,2-3,5,8H2,1H3. The Bertz CT molecular complexity index is 364. The average Bonchev–Trinajstić information content (AvgIpc) is 2.23. The van der Waals surface area contributed by atoms with Crippen LogP contribution in [0.4, 0.5) is 8.78 Å². The first-order chi connectivity index (χ1) is 7.61. The lowest BCUT2D eigenvalue weighted by molar-refractivity contribution is -0.117. The molecule has 0 saturated carbocycles. The first-order valence-electron chi connectivity index (χ1n) is 5.17. The SMILES string of the molecule is CC(=O)CCCCOc1cccc(F)c1F. The molecule has 0 aliphatic rings. The Morgan fingerprint density at radius 2 is 2.06 bits per heavy atom. The fraction of sp³-hybridized carbons (Fsp3) is 0.417. The van der Waals surface area contributed by atoms with E-state index in [1.807, 2.05) is 0 Å². The van der Waals surface area contributed by atoms with Gasteiger partial charge in [0.15, 0.2) is 11.6 Å². The Balaban J connectivity index is 2.32. The van der Waals surface area contributed by atoms with Gasteiger partial charge in [-0.15, -0.1) is 0 Å². The first-order valence-corrected chi connectivity index (χ1v) is 5.17. The summed E-state index contributed by atoms with van der Waals surface area (Å²) in [6, 6.07) is 3.81. The smallest absolute Gasteiger partial charge is 0.200 e. The molecule has 4 heteroatoms. The van der Waals surface area contributed by atoms with Gasteiger partial charge in [0.05, 0.1) is 6.61 Å². The molecule has 0 bridgehead atoms.